The Hall–Kier alpha value is -0.440. The number of hydrogen-bond acceptors (Lipinski definition) is 2. The number of nitrogens with one attached hydrogen (secondary N) is 1. The summed E-state index contributed by atoms with van der Waals surface area (Å²) in [4.78, 5) is 0. The minimum atomic E-state index is 0.457. The maximum atomic E-state index is 6.00. The molecular weight excluding hydrogens is 267 g/mol. The molecule has 0 amide bonds. The minimum Gasteiger partial charge on any atom is -0.396 e. The quantitative estimate of drug-likeness (QED) is 0.567. The molecule has 0 aliphatic rings. The molecule has 1 aromatic carbocycles. The van der Waals surface area contributed by atoms with E-state index in [1.165, 1.54) is 25.7 Å². The van der Waals surface area contributed by atoms with Crippen LogP contribution in [-0.2, 0) is 6.54 Å². The van der Waals surface area contributed by atoms with E-state index in [0.29, 0.717) is 21.8 Å². The van der Waals surface area contributed by atoms with Crippen LogP contribution in [0.25, 0.3) is 0 Å². The Balaban J connectivity index is 2.43. The highest BCUT2D eigenvalue weighted by molar-refractivity contribution is 6.38. The van der Waals surface area contributed by atoms with Crippen LogP contribution in [-0.4, -0.2) is 6.04 Å². The van der Waals surface area contributed by atoms with Crippen LogP contribution in [0.2, 0.25) is 10.0 Å². The predicted molar refractivity (Wildman–Crippen MR) is 81.3 cm³/mol. The molecule has 0 aliphatic heterocycles. The van der Waals surface area contributed by atoms with E-state index < -0.39 is 0 Å². The first-order valence-corrected chi connectivity index (χ1v) is 7.27. The van der Waals surface area contributed by atoms with E-state index >= 15 is 0 Å². The fraction of sp³-hybridized carbons (Fsp3) is 0.571. The van der Waals surface area contributed by atoms with Crippen LogP contribution in [0.5, 0.6) is 0 Å². The summed E-state index contributed by atoms with van der Waals surface area (Å²) in [7, 11) is 0. The Morgan fingerprint density at radius 3 is 2.39 bits per heavy atom. The molecule has 0 bridgehead atoms. The lowest BCUT2D eigenvalue weighted by Gasteiger charge is -2.14. The van der Waals surface area contributed by atoms with Gasteiger partial charge in [-0.25, -0.2) is 0 Å². The second-order valence-corrected chi connectivity index (χ2v) is 5.57. The number of nitrogens with two attached hydrogens (primary N) is 1. The number of anilines is 1. The highest BCUT2D eigenvalue weighted by Crippen LogP contribution is 2.28. The monoisotopic (exact) mass is 288 g/mol. The molecule has 0 saturated heterocycles. The van der Waals surface area contributed by atoms with Gasteiger partial charge in [0.15, 0.2) is 0 Å². The van der Waals surface area contributed by atoms with Gasteiger partial charge in [-0.1, -0.05) is 49.4 Å². The first kappa shape index (κ1) is 15.6. The Morgan fingerprint density at radius 2 is 1.83 bits per heavy atom. The summed E-state index contributed by atoms with van der Waals surface area (Å²) in [5, 5.41) is 4.53. The average molecular weight is 289 g/mol. The summed E-state index contributed by atoms with van der Waals surface area (Å²) >= 11 is 12.0. The maximum absolute atomic E-state index is 6.00. The molecule has 0 radical (unpaired) electrons. The SMILES string of the molecule is CCCCCC(C)NCc1cc(Cl)c(N)c(Cl)c1. The van der Waals surface area contributed by atoms with Gasteiger partial charge in [0.05, 0.1) is 15.7 Å². The fourth-order valence-electron chi connectivity index (χ4n) is 1.83. The average Bonchev–Trinajstić information content (AvgIpc) is 2.33. The summed E-state index contributed by atoms with van der Waals surface area (Å²) in [6.07, 6.45) is 5.03. The molecule has 1 atom stereocenters. The van der Waals surface area contributed by atoms with Crippen molar-refractivity contribution in [1.82, 2.24) is 5.32 Å². The zero-order chi connectivity index (χ0) is 13.5. The van der Waals surface area contributed by atoms with Crippen molar-refractivity contribution in [2.75, 3.05) is 5.73 Å². The van der Waals surface area contributed by atoms with E-state index in [-0.39, 0.29) is 0 Å². The largest absolute Gasteiger partial charge is 0.396 e. The molecule has 4 heteroatoms. The van der Waals surface area contributed by atoms with Gasteiger partial charge in [-0.05, 0) is 31.0 Å². The van der Waals surface area contributed by atoms with Crippen molar-refractivity contribution < 1.29 is 0 Å². The van der Waals surface area contributed by atoms with E-state index in [0.717, 1.165) is 12.1 Å². The molecule has 0 spiro atoms. The number of rotatable bonds is 7. The van der Waals surface area contributed by atoms with Crippen molar-refractivity contribution in [3.05, 3.63) is 27.7 Å². The molecule has 1 aromatic rings. The molecular formula is C14H22Cl2N2. The van der Waals surface area contributed by atoms with Gasteiger partial charge >= 0.3 is 0 Å². The Morgan fingerprint density at radius 1 is 1.22 bits per heavy atom. The van der Waals surface area contributed by atoms with Gasteiger partial charge in [-0.15, -0.1) is 0 Å². The molecule has 1 rings (SSSR count). The third-order valence-corrected chi connectivity index (χ3v) is 3.66. The van der Waals surface area contributed by atoms with Crippen molar-refractivity contribution in [3.63, 3.8) is 0 Å². The number of unbranched alkanes of at least 4 members (excludes halogenated alkanes) is 2. The molecule has 102 valence electrons. The smallest absolute Gasteiger partial charge is 0.0693 e. The van der Waals surface area contributed by atoms with Crippen LogP contribution in [0, 0.1) is 0 Å². The third-order valence-electron chi connectivity index (χ3n) is 3.03. The van der Waals surface area contributed by atoms with Gasteiger partial charge in [0.25, 0.3) is 0 Å². The van der Waals surface area contributed by atoms with Crippen molar-refractivity contribution in [1.29, 1.82) is 0 Å². The molecule has 0 heterocycles. The van der Waals surface area contributed by atoms with Gasteiger partial charge in [0.1, 0.15) is 0 Å². The number of hydrogen-bond donors (Lipinski definition) is 2. The Bertz CT molecular complexity index is 357. The predicted octanol–water partition coefficient (Wildman–Crippen LogP) is 4.63. The molecule has 0 aliphatic carbocycles. The molecule has 18 heavy (non-hydrogen) atoms. The second-order valence-electron chi connectivity index (χ2n) is 4.75. The van der Waals surface area contributed by atoms with Gasteiger partial charge < -0.3 is 11.1 Å². The zero-order valence-corrected chi connectivity index (χ0v) is 12.6. The molecule has 0 fully saturated rings. The summed E-state index contributed by atoms with van der Waals surface area (Å²) in [6.45, 7) is 5.19. The van der Waals surface area contributed by atoms with Crippen LogP contribution >= 0.6 is 23.2 Å². The lowest BCUT2D eigenvalue weighted by molar-refractivity contribution is 0.487. The normalized spacial score (nSPS) is 12.7. The van der Waals surface area contributed by atoms with E-state index in [1.807, 2.05) is 12.1 Å². The molecule has 0 saturated carbocycles. The fourth-order valence-corrected chi connectivity index (χ4v) is 2.37. The third kappa shape index (κ3) is 5.05. The van der Waals surface area contributed by atoms with E-state index in [4.69, 9.17) is 28.9 Å². The van der Waals surface area contributed by atoms with Gasteiger partial charge in [-0.3, -0.25) is 0 Å². The molecule has 3 N–H and O–H groups in total. The lowest BCUT2D eigenvalue weighted by Crippen LogP contribution is -2.25. The second kappa shape index (κ2) is 7.88. The van der Waals surface area contributed by atoms with Gasteiger partial charge in [0.2, 0.25) is 0 Å². The minimum absolute atomic E-state index is 0.457. The summed E-state index contributed by atoms with van der Waals surface area (Å²) in [5.41, 5.74) is 7.23. The van der Waals surface area contributed by atoms with Crippen LogP contribution < -0.4 is 11.1 Å². The van der Waals surface area contributed by atoms with Gasteiger partial charge in [-0.2, -0.15) is 0 Å². The Labute approximate surface area is 120 Å². The number of nitrogen functional groups attached to an aromatic ring is 1. The molecule has 1 unspecified atom stereocenters. The van der Waals surface area contributed by atoms with Crippen LogP contribution in [0.3, 0.4) is 0 Å². The van der Waals surface area contributed by atoms with E-state index in [9.17, 15) is 0 Å². The van der Waals surface area contributed by atoms with Crippen molar-refractivity contribution in [2.24, 2.45) is 0 Å². The van der Waals surface area contributed by atoms with Crippen LogP contribution in [0.1, 0.15) is 45.1 Å². The summed E-state index contributed by atoms with van der Waals surface area (Å²) < 4.78 is 0. The van der Waals surface area contributed by atoms with E-state index in [1.54, 1.807) is 0 Å². The molecule has 2 nitrogen and oxygen atoms in total. The first-order valence-electron chi connectivity index (χ1n) is 6.51. The Kier molecular flexibility index (Phi) is 6.83. The maximum Gasteiger partial charge on any atom is 0.0693 e. The van der Waals surface area contributed by atoms with Crippen molar-refractivity contribution in [3.8, 4) is 0 Å². The van der Waals surface area contributed by atoms with E-state index in [2.05, 4.69) is 19.2 Å². The topological polar surface area (TPSA) is 38.0 Å². The summed E-state index contributed by atoms with van der Waals surface area (Å²) in [5.74, 6) is 0. The lowest BCUT2D eigenvalue weighted by atomic mass is 10.1. The highest BCUT2D eigenvalue weighted by atomic mass is 35.5. The summed E-state index contributed by atoms with van der Waals surface area (Å²) in [6, 6.07) is 4.25. The first-order chi connectivity index (χ1) is 8.54. The van der Waals surface area contributed by atoms with Crippen LogP contribution in [0.15, 0.2) is 12.1 Å². The standard InChI is InChI=1S/C14H22Cl2N2/c1-3-4-5-6-10(2)18-9-11-7-12(15)14(17)13(16)8-11/h7-8,10,18H,3-6,9,17H2,1-2H3. The zero-order valence-electron chi connectivity index (χ0n) is 11.1. The number of benzene rings is 1. The highest BCUT2D eigenvalue weighted by Gasteiger charge is 2.06. The van der Waals surface area contributed by atoms with Crippen molar-refractivity contribution >= 4 is 28.9 Å². The van der Waals surface area contributed by atoms with Crippen molar-refractivity contribution in [2.45, 2.75) is 52.1 Å². The van der Waals surface area contributed by atoms with Crippen LogP contribution in [0.4, 0.5) is 5.69 Å². The van der Waals surface area contributed by atoms with Gasteiger partial charge in [0, 0.05) is 12.6 Å². The number of halogens is 2. The molecule has 0 aromatic heterocycles.